The van der Waals surface area contributed by atoms with Gasteiger partial charge in [0.25, 0.3) is 0 Å². The number of nitrogens with zero attached hydrogens (tertiary/aromatic N) is 1. The van der Waals surface area contributed by atoms with Crippen LogP contribution < -0.4 is 5.32 Å². The Morgan fingerprint density at radius 3 is 2.71 bits per heavy atom. The van der Waals surface area contributed by atoms with Crippen LogP contribution in [0.2, 0.25) is 0 Å². The molecule has 3 heteroatoms. The van der Waals surface area contributed by atoms with Crippen molar-refractivity contribution in [3.63, 3.8) is 0 Å². The van der Waals surface area contributed by atoms with Crippen LogP contribution in [0.5, 0.6) is 0 Å². The fourth-order valence-electron chi connectivity index (χ4n) is 2.24. The van der Waals surface area contributed by atoms with Gasteiger partial charge in [-0.05, 0) is 30.6 Å². The van der Waals surface area contributed by atoms with Gasteiger partial charge in [0.2, 0.25) is 0 Å². The normalized spacial score (nSPS) is 28.2. The largest absolute Gasteiger partial charge is 0.362 e. The molecule has 0 bridgehead atoms. The number of hydrogen-bond donors (Lipinski definition) is 1. The average Bonchev–Trinajstić information content (AvgIpc) is 3.08. The lowest BCUT2D eigenvalue weighted by Gasteiger charge is -2.35. The topological polar surface area (TPSA) is 24.4 Å². The molecule has 1 saturated carbocycles. The Morgan fingerprint density at radius 1 is 1.29 bits per heavy atom. The van der Waals surface area contributed by atoms with E-state index >= 15 is 0 Å². The second-order valence-electron chi connectivity index (χ2n) is 6.47. The number of thioether (sulfide) groups is 1. The van der Waals surface area contributed by atoms with Crippen LogP contribution in [0.1, 0.15) is 52.9 Å². The molecule has 0 aromatic carbocycles. The minimum absolute atomic E-state index is 0.343. The summed E-state index contributed by atoms with van der Waals surface area (Å²) in [7, 11) is 0. The number of rotatable bonds is 4. The van der Waals surface area contributed by atoms with Crippen LogP contribution in [0, 0.1) is 11.3 Å². The van der Waals surface area contributed by atoms with Gasteiger partial charge in [0.15, 0.2) is 5.17 Å². The number of hydrogen-bond acceptors (Lipinski definition) is 2. The summed E-state index contributed by atoms with van der Waals surface area (Å²) in [5.41, 5.74) is 0.343. The van der Waals surface area contributed by atoms with E-state index in [2.05, 4.69) is 26.1 Å². The molecule has 1 aliphatic heterocycles. The maximum Gasteiger partial charge on any atom is 0.156 e. The van der Waals surface area contributed by atoms with Gasteiger partial charge < -0.3 is 5.32 Å². The summed E-state index contributed by atoms with van der Waals surface area (Å²) >= 11 is 1.90. The van der Waals surface area contributed by atoms with E-state index in [4.69, 9.17) is 4.99 Å². The Labute approximate surface area is 110 Å². The lowest BCUT2D eigenvalue weighted by atomic mass is 9.85. The van der Waals surface area contributed by atoms with Crippen LogP contribution in [-0.2, 0) is 0 Å². The van der Waals surface area contributed by atoms with Crippen LogP contribution >= 0.6 is 11.8 Å². The first-order valence-electron chi connectivity index (χ1n) is 6.99. The van der Waals surface area contributed by atoms with Gasteiger partial charge >= 0.3 is 0 Å². The Bertz CT molecular complexity index is 276. The maximum atomic E-state index is 4.72. The van der Waals surface area contributed by atoms with E-state index < -0.39 is 0 Å². The van der Waals surface area contributed by atoms with Crippen molar-refractivity contribution in [1.29, 1.82) is 0 Å². The van der Waals surface area contributed by atoms with Crippen LogP contribution in [-0.4, -0.2) is 23.5 Å². The summed E-state index contributed by atoms with van der Waals surface area (Å²) in [6.45, 7) is 7.95. The van der Waals surface area contributed by atoms with Gasteiger partial charge in [-0.1, -0.05) is 45.4 Å². The van der Waals surface area contributed by atoms with E-state index in [1.54, 1.807) is 0 Å². The molecule has 0 spiro atoms. The molecule has 1 atom stereocenters. The fraction of sp³-hybridized carbons (Fsp3) is 0.929. The standard InChI is InChI=1S/C14H26N2S/c1-14(2,3)12-8-10-17-13(16-12)15-9-4-5-11-6-7-11/h11-12H,4-10H2,1-3H3,(H,15,16). The van der Waals surface area contributed by atoms with Crippen LogP contribution in [0.4, 0.5) is 0 Å². The molecular weight excluding hydrogens is 228 g/mol. The van der Waals surface area contributed by atoms with Crippen molar-refractivity contribution < 1.29 is 0 Å². The zero-order chi connectivity index (χ0) is 12.3. The van der Waals surface area contributed by atoms with Gasteiger partial charge in [-0.15, -0.1) is 0 Å². The number of nitrogens with one attached hydrogen (secondary N) is 1. The third-order valence-electron chi connectivity index (χ3n) is 3.71. The summed E-state index contributed by atoms with van der Waals surface area (Å²) in [4.78, 5) is 4.72. The molecule has 2 aliphatic rings. The molecule has 2 rings (SSSR count). The van der Waals surface area contributed by atoms with Crippen LogP contribution in [0.25, 0.3) is 0 Å². The monoisotopic (exact) mass is 254 g/mol. The van der Waals surface area contributed by atoms with Crippen molar-refractivity contribution in [3.8, 4) is 0 Å². The summed E-state index contributed by atoms with van der Waals surface area (Å²) in [6, 6.07) is 0.589. The Morgan fingerprint density at radius 2 is 2.06 bits per heavy atom. The van der Waals surface area contributed by atoms with Crippen molar-refractivity contribution in [2.75, 3.05) is 12.3 Å². The van der Waals surface area contributed by atoms with Gasteiger partial charge in [0.1, 0.15) is 0 Å². The first-order valence-corrected chi connectivity index (χ1v) is 7.98. The van der Waals surface area contributed by atoms with E-state index in [1.165, 1.54) is 43.0 Å². The summed E-state index contributed by atoms with van der Waals surface area (Å²) < 4.78 is 0. The van der Waals surface area contributed by atoms with E-state index in [0.717, 1.165) is 12.5 Å². The predicted octanol–water partition coefficient (Wildman–Crippen LogP) is 3.67. The molecule has 1 saturated heterocycles. The van der Waals surface area contributed by atoms with Crippen molar-refractivity contribution in [1.82, 2.24) is 5.32 Å². The maximum absolute atomic E-state index is 4.72. The minimum atomic E-state index is 0.343. The zero-order valence-corrected chi connectivity index (χ0v) is 12.3. The quantitative estimate of drug-likeness (QED) is 0.774. The summed E-state index contributed by atoms with van der Waals surface area (Å²) in [5, 5.41) is 4.80. The van der Waals surface area contributed by atoms with Gasteiger partial charge in [-0.25, -0.2) is 0 Å². The van der Waals surface area contributed by atoms with Gasteiger partial charge in [0, 0.05) is 18.3 Å². The first kappa shape index (κ1) is 13.3. The number of aliphatic imine (C=N–C) groups is 1. The van der Waals surface area contributed by atoms with E-state index in [9.17, 15) is 0 Å². The molecule has 17 heavy (non-hydrogen) atoms. The fourth-order valence-corrected chi connectivity index (χ4v) is 3.20. The molecule has 0 amide bonds. The lowest BCUT2D eigenvalue weighted by Crippen LogP contribution is -2.46. The molecule has 1 aliphatic carbocycles. The molecular formula is C14H26N2S. The molecule has 0 aromatic heterocycles. The molecule has 1 unspecified atom stereocenters. The van der Waals surface area contributed by atoms with Crippen LogP contribution in [0.15, 0.2) is 4.99 Å². The van der Waals surface area contributed by atoms with Crippen LogP contribution in [0.3, 0.4) is 0 Å². The minimum Gasteiger partial charge on any atom is -0.362 e. The smallest absolute Gasteiger partial charge is 0.156 e. The highest BCUT2D eigenvalue weighted by molar-refractivity contribution is 8.13. The Hall–Kier alpha value is -0.180. The second-order valence-corrected chi connectivity index (χ2v) is 7.56. The van der Waals surface area contributed by atoms with Gasteiger partial charge in [-0.2, -0.15) is 0 Å². The number of amidine groups is 1. The SMILES string of the molecule is CC(C)(C)C1CCSC(=NCCCC2CC2)N1. The van der Waals surface area contributed by atoms with E-state index in [1.807, 2.05) is 11.8 Å². The molecule has 98 valence electrons. The first-order chi connectivity index (χ1) is 8.05. The molecule has 2 nitrogen and oxygen atoms in total. The van der Waals surface area contributed by atoms with E-state index in [0.29, 0.717) is 11.5 Å². The third-order valence-corrected chi connectivity index (χ3v) is 4.67. The molecule has 0 radical (unpaired) electrons. The third kappa shape index (κ3) is 4.53. The predicted molar refractivity (Wildman–Crippen MR) is 77.7 cm³/mol. The zero-order valence-electron chi connectivity index (χ0n) is 11.5. The highest BCUT2D eigenvalue weighted by Gasteiger charge is 2.28. The lowest BCUT2D eigenvalue weighted by molar-refractivity contribution is 0.290. The molecule has 2 fully saturated rings. The highest BCUT2D eigenvalue weighted by atomic mass is 32.2. The summed E-state index contributed by atoms with van der Waals surface area (Å²) in [6.07, 6.45) is 6.86. The summed E-state index contributed by atoms with van der Waals surface area (Å²) in [5.74, 6) is 2.26. The average molecular weight is 254 g/mol. The van der Waals surface area contributed by atoms with E-state index in [-0.39, 0.29) is 0 Å². The highest BCUT2D eigenvalue weighted by Crippen LogP contribution is 2.33. The second kappa shape index (κ2) is 5.64. The van der Waals surface area contributed by atoms with Gasteiger partial charge in [-0.3, -0.25) is 4.99 Å². The Balaban J connectivity index is 1.73. The molecule has 0 aromatic rings. The molecule has 1 heterocycles. The van der Waals surface area contributed by atoms with Crippen molar-refractivity contribution in [2.24, 2.45) is 16.3 Å². The Kier molecular flexibility index (Phi) is 4.40. The van der Waals surface area contributed by atoms with Crippen molar-refractivity contribution >= 4 is 16.9 Å². The van der Waals surface area contributed by atoms with Crippen molar-refractivity contribution in [2.45, 2.75) is 58.9 Å². The van der Waals surface area contributed by atoms with Gasteiger partial charge in [0.05, 0.1) is 0 Å². The molecule has 1 N–H and O–H groups in total. The van der Waals surface area contributed by atoms with Crippen molar-refractivity contribution in [3.05, 3.63) is 0 Å².